The third-order valence-corrected chi connectivity index (χ3v) is 3.63. The fourth-order valence-electron chi connectivity index (χ4n) is 2.36. The number of quaternary nitrogens is 1. The molecule has 0 heterocycles. The zero-order valence-corrected chi connectivity index (χ0v) is 14.2. The molecule has 5 nitrogen and oxygen atoms in total. The van der Waals surface area contributed by atoms with E-state index in [-0.39, 0.29) is 12.5 Å². The first-order valence-corrected chi connectivity index (χ1v) is 8.27. The molecule has 0 rings (SSSR count). The summed E-state index contributed by atoms with van der Waals surface area (Å²) in [6, 6.07) is 0. The summed E-state index contributed by atoms with van der Waals surface area (Å²) in [6.45, 7) is 5.01. The van der Waals surface area contributed by atoms with Crippen LogP contribution in [0.15, 0.2) is 12.7 Å². The average molecular weight is 312 g/mol. The number of nitrogens with one attached hydrogen (secondary N) is 1. The highest BCUT2D eigenvalue weighted by molar-refractivity contribution is 5.75. The SMILES string of the molecule is C=CCCCCCCCC(=O)NCCC[N+](C)(C)CC(=O)[O-]. The molecule has 0 saturated carbocycles. The molecule has 128 valence electrons. The molecule has 0 aliphatic heterocycles. The van der Waals surface area contributed by atoms with Crippen LogP contribution in [0, 0.1) is 0 Å². The van der Waals surface area contributed by atoms with E-state index in [1.165, 1.54) is 19.3 Å². The van der Waals surface area contributed by atoms with E-state index in [1.54, 1.807) is 0 Å². The van der Waals surface area contributed by atoms with Gasteiger partial charge in [-0.3, -0.25) is 4.79 Å². The van der Waals surface area contributed by atoms with Gasteiger partial charge in [0.2, 0.25) is 5.91 Å². The molecule has 5 heteroatoms. The van der Waals surface area contributed by atoms with Crippen LogP contribution < -0.4 is 10.4 Å². The van der Waals surface area contributed by atoms with E-state index in [1.807, 2.05) is 20.2 Å². The Kier molecular flexibility index (Phi) is 11.5. The smallest absolute Gasteiger partial charge is 0.219 e. The predicted octanol–water partition coefficient (Wildman–Crippen LogP) is 1.24. The van der Waals surface area contributed by atoms with Crippen molar-refractivity contribution in [3.63, 3.8) is 0 Å². The van der Waals surface area contributed by atoms with Gasteiger partial charge in [-0.05, 0) is 19.3 Å². The number of likely N-dealkylation sites (N-methyl/N-ethyl adjacent to an activating group) is 1. The molecule has 0 aliphatic carbocycles. The normalized spacial score (nSPS) is 11.2. The van der Waals surface area contributed by atoms with Crippen LogP contribution in [-0.4, -0.2) is 50.1 Å². The Bertz CT molecular complexity index is 341. The fraction of sp³-hybridized carbons (Fsp3) is 0.765. The monoisotopic (exact) mass is 312 g/mol. The van der Waals surface area contributed by atoms with Crippen molar-refractivity contribution in [3.8, 4) is 0 Å². The van der Waals surface area contributed by atoms with Crippen molar-refractivity contribution < 1.29 is 19.2 Å². The van der Waals surface area contributed by atoms with E-state index in [0.717, 1.165) is 25.7 Å². The number of carboxylic acid groups (broad SMARTS) is 1. The van der Waals surface area contributed by atoms with E-state index in [9.17, 15) is 14.7 Å². The Morgan fingerprint density at radius 3 is 2.36 bits per heavy atom. The van der Waals surface area contributed by atoms with Crippen LogP contribution >= 0.6 is 0 Å². The van der Waals surface area contributed by atoms with Crippen LogP contribution in [0.5, 0.6) is 0 Å². The first kappa shape index (κ1) is 20.6. The molecule has 22 heavy (non-hydrogen) atoms. The second-order valence-electron chi connectivity index (χ2n) is 6.49. The maximum absolute atomic E-state index is 11.6. The van der Waals surface area contributed by atoms with Gasteiger partial charge in [-0.25, -0.2) is 0 Å². The average Bonchev–Trinajstić information content (AvgIpc) is 2.41. The number of carboxylic acids is 1. The quantitative estimate of drug-likeness (QED) is 0.298. The van der Waals surface area contributed by atoms with Crippen molar-refractivity contribution in [2.75, 3.05) is 33.7 Å². The number of rotatable bonds is 14. The lowest BCUT2D eigenvalue weighted by atomic mass is 10.1. The van der Waals surface area contributed by atoms with Gasteiger partial charge >= 0.3 is 0 Å². The summed E-state index contributed by atoms with van der Waals surface area (Å²) < 4.78 is 0.378. The summed E-state index contributed by atoms with van der Waals surface area (Å²) in [7, 11) is 3.70. The highest BCUT2D eigenvalue weighted by Crippen LogP contribution is 2.07. The molecular weight excluding hydrogens is 280 g/mol. The van der Waals surface area contributed by atoms with Gasteiger partial charge in [0.05, 0.1) is 26.6 Å². The molecule has 1 amide bonds. The highest BCUT2D eigenvalue weighted by atomic mass is 16.4. The van der Waals surface area contributed by atoms with E-state index in [2.05, 4.69) is 11.9 Å². The maximum Gasteiger partial charge on any atom is 0.219 e. The third kappa shape index (κ3) is 13.6. The van der Waals surface area contributed by atoms with Crippen molar-refractivity contribution in [2.24, 2.45) is 0 Å². The molecule has 0 aromatic heterocycles. The summed E-state index contributed by atoms with van der Waals surface area (Å²) in [5.74, 6) is -0.946. The van der Waals surface area contributed by atoms with Crippen LogP contribution in [0.4, 0.5) is 0 Å². The van der Waals surface area contributed by atoms with Gasteiger partial charge in [-0.2, -0.15) is 0 Å². The molecule has 0 aliphatic rings. The molecule has 0 aromatic rings. The lowest BCUT2D eigenvalue weighted by Gasteiger charge is -2.30. The number of carbonyl (C=O) groups is 2. The Morgan fingerprint density at radius 2 is 1.73 bits per heavy atom. The lowest BCUT2D eigenvalue weighted by Crippen LogP contribution is -2.49. The number of amides is 1. The zero-order valence-electron chi connectivity index (χ0n) is 14.2. The molecular formula is C17H32N2O3. The van der Waals surface area contributed by atoms with Crippen molar-refractivity contribution >= 4 is 11.9 Å². The number of unbranched alkanes of at least 4 members (excludes halogenated alkanes) is 5. The molecule has 0 spiro atoms. The van der Waals surface area contributed by atoms with E-state index in [0.29, 0.717) is 24.0 Å². The summed E-state index contributed by atoms with van der Waals surface area (Å²) >= 11 is 0. The zero-order chi connectivity index (χ0) is 16.8. The van der Waals surface area contributed by atoms with Gasteiger partial charge in [0.15, 0.2) is 0 Å². The van der Waals surface area contributed by atoms with Gasteiger partial charge in [0, 0.05) is 19.4 Å². The summed E-state index contributed by atoms with van der Waals surface area (Å²) in [5.41, 5.74) is 0. The Labute approximate surface area is 135 Å². The highest BCUT2D eigenvalue weighted by Gasteiger charge is 2.14. The number of hydrogen-bond acceptors (Lipinski definition) is 3. The minimum atomic E-state index is -1.04. The minimum Gasteiger partial charge on any atom is -0.544 e. The molecule has 0 fully saturated rings. The van der Waals surface area contributed by atoms with Crippen LogP contribution in [-0.2, 0) is 9.59 Å². The minimum absolute atomic E-state index is 0.000198. The molecule has 0 radical (unpaired) electrons. The van der Waals surface area contributed by atoms with Gasteiger partial charge < -0.3 is 19.7 Å². The van der Waals surface area contributed by atoms with Crippen LogP contribution in [0.25, 0.3) is 0 Å². The number of hydrogen-bond donors (Lipinski definition) is 1. The Hall–Kier alpha value is -1.36. The molecule has 0 bridgehead atoms. The topological polar surface area (TPSA) is 69.2 Å². The number of allylic oxidation sites excluding steroid dienone is 1. The van der Waals surface area contributed by atoms with Crippen molar-refractivity contribution in [1.82, 2.24) is 5.32 Å². The molecule has 0 saturated heterocycles. The van der Waals surface area contributed by atoms with Crippen molar-refractivity contribution in [2.45, 2.75) is 51.4 Å². The van der Waals surface area contributed by atoms with E-state index in [4.69, 9.17) is 0 Å². The molecule has 1 N–H and O–H groups in total. The third-order valence-electron chi connectivity index (χ3n) is 3.63. The Morgan fingerprint density at radius 1 is 1.09 bits per heavy atom. The van der Waals surface area contributed by atoms with Gasteiger partial charge in [0.25, 0.3) is 0 Å². The van der Waals surface area contributed by atoms with Gasteiger partial charge in [-0.15, -0.1) is 6.58 Å². The van der Waals surface area contributed by atoms with Gasteiger partial charge in [-0.1, -0.05) is 25.3 Å². The second kappa shape index (κ2) is 12.2. The maximum atomic E-state index is 11.6. The largest absolute Gasteiger partial charge is 0.544 e. The standard InChI is InChI=1S/C17H32N2O3/c1-4-5-6-7-8-9-10-12-16(20)18-13-11-14-19(2,3)15-17(21)22/h4H,1,5-15H2,2-3H3,(H-,18,20,21,22). The number of aliphatic carboxylic acids is 1. The molecule has 0 unspecified atom stereocenters. The fourth-order valence-corrected chi connectivity index (χ4v) is 2.36. The van der Waals surface area contributed by atoms with Crippen LogP contribution in [0.2, 0.25) is 0 Å². The first-order valence-electron chi connectivity index (χ1n) is 8.27. The second-order valence-corrected chi connectivity index (χ2v) is 6.49. The van der Waals surface area contributed by atoms with Crippen molar-refractivity contribution in [3.05, 3.63) is 12.7 Å². The Balaban J connectivity index is 3.50. The van der Waals surface area contributed by atoms with E-state index < -0.39 is 5.97 Å². The number of nitrogens with zero attached hydrogens (tertiary/aromatic N) is 1. The van der Waals surface area contributed by atoms with Gasteiger partial charge in [0.1, 0.15) is 6.54 Å². The number of carbonyl (C=O) groups excluding carboxylic acids is 2. The predicted molar refractivity (Wildman–Crippen MR) is 87.0 cm³/mol. The lowest BCUT2D eigenvalue weighted by molar-refractivity contribution is -0.884. The summed E-state index contributed by atoms with van der Waals surface area (Å²) in [4.78, 5) is 22.2. The van der Waals surface area contributed by atoms with Crippen molar-refractivity contribution in [1.29, 1.82) is 0 Å². The summed E-state index contributed by atoms with van der Waals surface area (Å²) in [6.07, 6.45) is 9.98. The molecule has 0 aromatic carbocycles. The van der Waals surface area contributed by atoms with Crippen LogP contribution in [0.3, 0.4) is 0 Å². The molecule has 0 atom stereocenters. The van der Waals surface area contributed by atoms with E-state index >= 15 is 0 Å². The van der Waals surface area contributed by atoms with Crippen LogP contribution in [0.1, 0.15) is 51.4 Å². The summed E-state index contributed by atoms with van der Waals surface area (Å²) in [5, 5.41) is 13.5. The first-order chi connectivity index (χ1) is 10.4.